The second-order valence-corrected chi connectivity index (χ2v) is 10.4. The number of rotatable bonds is 5. The number of carbonyl (C=O) groups is 1. The Bertz CT molecular complexity index is 1400. The third-order valence-electron chi connectivity index (χ3n) is 5.42. The fourth-order valence-electron chi connectivity index (χ4n) is 3.28. The number of halogens is 10. The minimum Gasteiger partial charge on any atom is -0.334 e. The van der Waals surface area contributed by atoms with Crippen molar-refractivity contribution in [1.82, 2.24) is 20.3 Å². The van der Waals surface area contributed by atoms with Gasteiger partial charge in [0.2, 0.25) is 0 Å². The summed E-state index contributed by atoms with van der Waals surface area (Å²) >= 11 is 18.9. The van der Waals surface area contributed by atoms with Crippen LogP contribution in [0.4, 0.5) is 30.7 Å². The average Bonchev–Trinajstić information content (AvgIpc) is 3.19. The molecule has 6 nitrogen and oxygen atoms in total. The number of nitriles is 1. The van der Waals surface area contributed by atoms with E-state index in [0.29, 0.717) is 17.7 Å². The molecular formula is C20H9Cl3F7N5OS. The predicted molar refractivity (Wildman–Crippen MR) is 120 cm³/mol. The van der Waals surface area contributed by atoms with Crippen molar-refractivity contribution in [3.8, 4) is 22.3 Å². The van der Waals surface area contributed by atoms with Gasteiger partial charge < -0.3 is 5.32 Å². The number of hydrogen-bond donors (Lipinski definition) is 1. The summed E-state index contributed by atoms with van der Waals surface area (Å²) < 4.78 is 94.0. The van der Waals surface area contributed by atoms with Crippen LogP contribution in [0.15, 0.2) is 24.4 Å². The van der Waals surface area contributed by atoms with Gasteiger partial charge in [-0.15, -0.1) is 16.4 Å². The number of alkyl halides is 7. The van der Waals surface area contributed by atoms with Crippen LogP contribution >= 0.6 is 46.1 Å². The van der Waals surface area contributed by atoms with Gasteiger partial charge in [-0.2, -0.15) is 31.6 Å². The van der Waals surface area contributed by atoms with E-state index in [-0.39, 0.29) is 33.4 Å². The summed E-state index contributed by atoms with van der Waals surface area (Å²) in [5.74, 6) is -0.593. The molecule has 0 spiro atoms. The van der Waals surface area contributed by atoms with Crippen LogP contribution < -0.4 is 5.32 Å². The normalized spacial score (nSPS) is 15.4. The third kappa shape index (κ3) is 4.73. The van der Waals surface area contributed by atoms with Gasteiger partial charge in [-0.3, -0.25) is 4.79 Å². The van der Waals surface area contributed by atoms with Crippen LogP contribution in [-0.2, 0) is 5.67 Å². The van der Waals surface area contributed by atoms with Crippen LogP contribution in [0.1, 0.15) is 28.8 Å². The molecule has 0 aliphatic heterocycles. The molecule has 2 heterocycles. The highest BCUT2D eigenvalue weighted by Crippen LogP contribution is 2.54. The maximum absolute atomic E-state index is 14.4. The zero-order valence-corrected chi connectivity index (χ0v) is 20.7. The Hall–Kier alpha value is -2.60. The van der Waals surface area contributed by atoms with Gasteiger partial charge in [-0.05, 0) is 31.0 Å². The molecule has 3 aromatic rings. The smallest absolute Gasteiger partial charge is 0.334 e. The first kappa shape index (κ1) is 27.4. The lowest BCUT2D eigenvalue weighted by Crippen LogP contribution is -2.50. The SMILES string of the molecule is N#CC1(NC(=O)c2cc(-c3cn(-c4c(Cl)cc(C(F)(C(F)(F)F)C(F)(F)F)cc4Cl)nn3)sc2Cl)CC1. The lowest BCUT2D eigenvalue weighted by atomic mass is 9.94. The van der Waals surface area contributed by atoms with E-state index in [4.69, 9.17) is 40.1 Å². The number of thiophene rings is 1. The van der Waals surface area contributed by atoms with Gasteiger partial charge in [0.15, 0.2) is 0 Å². The first-order chi connectivity index (χ1) is 17.0. The minimum atomic E-state index is -6.35. The van der Waals surface area contributed by atoms with E-state index in [0.717, 1.165) is 16.0 Å². The molecule has 196 valence electrons. The highest BCUT2D eigenvalue weighted by Gasteiger charge is 2.73. The maximum Gasteiger partial charge on any atom is 0.435 e. The summed E-state index contributed by atoms with van der Waals surface area (Å²) in [6, 6.07) is 3.67. The van der Waals surface area contributed by atoms with Gasteiger partial charge >= 0.3 is 18.0 Å². The van der Waals surface area contributed by atoms with E-state index in [1.807, 2.05) is 6.07 Å². The first-order valence-electron chi connectivity index (χ1n) is 9.81. The van der Waals surface area contributed by atoms with Gasteiger partial charge in [-0.25, -0.2) is 9.07 Å². The highest BCUT2D eigenvalue weighted by atomic mass is 35.5. The number of amides is 1. The number of benzene rings is 1. The van der Waals surface area contributed by atoms with Crippen LogP contribution in [0.25, 0.3) is 16.3 Å². The second-order valence-electron chi connectivity index (χ2n) is 7.94. The number of carbonyl (C=O) groups excluding carboxylic acids is 1. The fraction of sp³-hybridized carbons (Fsp3) is 0.300. The molecule has 1 N–H and O–H groups in total. The summed E-state index contributed by atoms with van der Waals surface area (Å²) in [6.45, 7) is 0. The Morgan fingerprint density at radius 3 is 2.11 bits per heavy atom. The van der Waals surface area contributed by atoms with Gasteiger partial charge in [0.05, 0.1) is 32.8 Å². The van der Waals surface area contributed by atoms with Gasteiger partial charge in [0.1, 0.15) is 21.3 Å². The zero-order chi connectivity index (χ0) is 27.6. The maximum atomic E-state index is 14.4. The van der Waals surface area contributed by atoms with E-state index < -0.39 is 45.1 Å². The molecule has 2 aromatic heterocycles. The number of nitrogens with one attached hydrogen (secondary N) is 1. The standard InChI is InChI=1S/C20H9Cl3F7N5OS/c21-10-3-8(18(24,19(25,26)27)20(28,29)30)4-11(22)14(10)35-6-12(33-34-35)13-5-9(15(23)37-13)16(36)32-17(7-31)1-2-17/h3-6H,1-2H2,(H,32,36). The molecular weight excluding hydrogens is 598 g/mol. The van der Waals surface area contributed by atoms with Crippen LogP contribution in [-0.4, -0.2) is 38.8 Å². The average molecular weight is 607 g/mol. The van der Waals surface area contributed by atoms with Crippen molar-refractivity contribution in [3.05, 3.63) is 49.9 Å². The van der Waals surface area contributed by atoms with Gasteiger partial charge in [-0.1, -0.05) is 40.0 Å². The molecule has 4 rings (SSSR count). The van der Waals surface area contributed by atoms with Crippen molar-refractivity contribution in [2.75, 3.05) is 0 Å². The third-order valence-corrected chi connectivity index (χ3v) is 7.38. The molecule has 1 saturated carbocycles. The predicted octanol–water partition coefficient (Wildman–Crippen LogP) is 7.03. The molecule has 0 saturated heterocycles. The Labute approximate surface area is 221 Å². The number of nitrogens with zero attached hydrogens (tertiary/aromatic N) is 4. The van der Waals surface area contributed by atoms with Crippen molar-refractivity contribution in [1.29, 1.82) is 5.26 Å². The lowest BCUT2D eigenvalue weighted by molar-refractivity contribution is -0.348. The molecule has 1 aliphatic rings. The topological polar surface area (TPSA) is 83.6 Å². The van der Waals surface area contributed by atoms with Gasteiger partial charge in [0, 0.05) is 5.56 Å². The quantitative estimate of drug-likeness (QED) is 0.316. The van der Waals surface area contributed by atoms with Crippen molar-refractivity contribution in [3.63, 3.8) is 0 Å². The fourth-order valence-corrected chi connectivity index (χ4v) is 5.16. The summed E-state index contributed by atoms with van der Waals surface area (Å²) in [5.41, 5.74) is -8.76. The highest BCUT2D eigenvalue weighted by molar-refractivity contribution is 7.19. The largest absolute Gasteiger partial charge is 0.435 e. The van der Waals surface area contributed by atoms with Crippen molar-refractivity contribution in [2.24, 2.45) is 0 Å². The van der Waals surface area contributed by atoms with E-state index in [1.165, 1.54) is 12.3 Å². The monoisotopic (exact) mass is 605 g/mol. The number of hydrogen-bond acceptors (Lipinski definition) is 5. The molecule has 0 atom stereocenters. The van der Waals surface area contributed by atoms with Crippen LogP contribution in [0, 0.1) is 11.3 Å². The molecule has 0 radical (unpaired) electrons. The lowest BCUT2D eigenvalue weighted by Gasteiger charge is -2.30. The Morgan fingerprint density at radius 1 is 1.05 bits per heavy atom. The van der Waals surface area contributed by atoms with E-state index in [1.54, 1.807) is 0 Å². The Morgan fingerprint density at radius 2 is 1.62 bits per heavy atom. The van der Waals surface area contributed by atoms with Crippen molar-refractivity contribution in [2.45, 2.75) is 36.4 Å². The summed E-state index contributed by atoms with van der Waals surface area (Å²) in [7, 11) is 0. The van der Waals surface area contributed by atoms with Crippen LogP contribution in [0.3, 0.4) is 0 Å². The van der Waals surface area contributed by atoms with E-state index in [2.05, 4.69) is 15.6 Å². The van der Waals surface area contributed by atoms with E-state index >= 15 is 0 Å². The molecule has 0 unspecified atom stereocenters. The summed E-state index contributed by atoms with van der Waals surface area (Å²) in [6.07, 6.45) is -10.5. The van der Waals surface area contributed by atoms with Crippen molar-refractivity contribution >= 4 is 52.0 Å². The minimum absolute atomic E-state index is 0.0525. The number of aromatic nitrogens is 3. The Balaban J connectivity index is 1.68. The van der Waals surface area contributed by atoms with Crippen LogP contribution in [0.2, 0.25) is 14.4 Å². The zero-order valence-electron chi connectivity index (χ0n) is 17.6. The van der Waals surface area contributed by atoms with Crippen molar-refractivity contribution < 1.29 is 35.5 Å². The molecule has 1 fully saturated rings. The second kappa shape index (κ2) is 9.00. The molecule has 1 aliphatic carbocycles. The summed E-state index contributed by atoms with van der Waals surface area (Å²) in [4.78, 5) is 12.8. The molecule has 1 amide bonds. The van der Waals surface area contributed by atoms with Crippen LogP contribution in [0.5, 0.6) is 0 Å². The first-order valence-corrected chi connectivity index (χ1v) is 11.8. The molecule has 17 heteroatoms. The van der Waals surface area contributed by atoms with Gasteiger partial charge in [0.25, 0.3) is 5.91 Å². The Kier molecular flexibility index (Phi) is 6.68. The summed E-state index contributed by atoms with van der Waals surface area (Å²) in [5, 5.41) is 17.7. The van der Waals surface area contributed by atoms with E-state index in [9.17, 15) is 35.5 Å². The molecule has 37 heavy (non-hydrogen) atoms. The molecule has 0 bridgehead atoms. The molecule has 1 aromatic carbocycles.